The second-order valence-electron chi connectivity index (χ2n) is 9.21. The summed E-state index contributed by atoms with van der Waals surface area (Å²) in [5, 5.41) is 23.0. The highest BCUT2D eigenvalue weighted by Gasteiger charge is 2.31. The van der Waals surface area contributed by atoms with E-state index < -0.39 is 0 Å². The van der Waals surface area contributed by atoms with Crippen LogP contribution in [-0.2, 0) is 4.79 Å². The SMILES string of the molecule is CN1C=C2C(=C(C3=CCN(CC(=O)N(CCO)CCO)CC3)C1)NN=C1C=Cc3cc(F)cc2c31. The number of nitrogens with one attached hydrogen (secondary N) is 1. The van der Waals surface area contributed by atoms with Gasteiger partial charge in [0.05, 0.1) is 31.2 Å². The largest absolute Gasteiger partial charge is 0.395 e. The maximum atomic E-state index is 14.5. The van der Waals surface area contributed by atoms with Gasteiger partial charge in [-0.2, -0.15) is 5.10 Å². The molecule has 0 spiro atoms. The van der Waals surface area contributed by atoms with Gasteiger partial charge in [0.15, 0.2) is 0 Å². The van der Waals surface area contributed by atoms with Gasteiger partial charge in [-0.1, -0.05) is 12.2 Å². The Kier molecular flexibility index (Phi) is 6.55. The number of carbonyl (C=O) groups is 1. The number of hydrogen-bond acceptors (Lipinski definition) is 7. The van der Waals surface area contributed by atoms with Crippen molar-refractivity contribution in [3.63, 3.8) is 0 Å². The lowest BCUT2D eigenvalue weighted by molar-refractivity contribution is -0.133. The van der Waals surface area contributed by atoms with E-state index in [2.05, 4.69) is 26.4 Å². The first-order valence-electron chi connectivity index (χ1n) is 11.9. The van der Waals surface area contributed by atoms with Crippen molar-refractivity contribution in [3.05, 3.63) is 69.8 Å². The Morgan fingerprint density at radius 3 is 2.74 bits per heavy atom. The molecule has 0 unspecified atom stereocenters. The quantitative estimate of drug-likeness (QED) is 0.544. The van der Waals surface area contributed by atoms with Gasteiger partial charge in [-0.3, -0.25) is 15.1 Å². The van der Waals surface area contributed by atoms with Gasteiger partial charge in [-0.05, 0) is 41.3 Å². The predicted octanol–water partition coefficient (Wildman–Crippen LogP) is 1.15. The molecule has 3 aliphatic heterocycles. The van der Waals surface area contributed by atoms with Crippen molar-refractivity contribution in [2.75, 3.05) is 59.5 Å². The minimum atomic E-state index is -0.268. The number of halogens is 1. The second kappa shape index (κ2) is 9.77. The Morgan fingerprint density at radius 2 is 2.03 bits per heavy atom. The molecule has 0 atom stereocenters. The molecule has 0 bridgehead atoms. The number of aliphatic hydroxyl groups is 2. The van der Waals surface area contributed by atoms with Gasteiger partial charge >= 0.3 is 0 Å². The molecule has 1 amide bonds. The zero-order chi connectivity index (χ0) is 24.5. The highest BCUT2D eigenvalue weighted by molar-refractivity contribution is 6.20. The fourth-order valence-corrected chi connectivity index (χ4v) is 5.16. The Hall–Kier alpha value is -3.27. The molecule has 5 rings (SSSR count). The van der Waals surface area contributed by atoms with Crippen molar-refractivity contribution in [3.8, 4) is 0 Å². The maximum absolute atomic E-state index is 14.5. The fourth-order valence-electron chi connectivity index (χ4n) is 5.16. The minimum Gasteiger partial charge on any atom is -0.395 e. The number of likely N-dealkylation sites (N-methyl/N-ethyl adjacent to an activating group) is 1. The molecule has 8 nitrogen and oxygen atoms in total. The lowest BCUT2D eigenvalue weighted by Gasteiger charge is -2.33. The molecule has 1 aliphatic carbocycles. The molecule has 1 aromatic rings. The standard InChI is InChI=1S/C26H30FN5O3/c1-30-14-21(17-4-6-31(7-5-17)16-24(35)32(8-10-33)9-11-34)26-22(15-30)20-13-19(27)12-18-2-3-23(25(18)20)28-29-26/h2-4,12-13,15,29,33-34H,5-11,14,16H2,1H3. The summed E-state index contributed by atoms with van der Waals surface area (Å²) in [6.07, 6.45) is 8.77. The van der Waals surface area contributed by atoms with E-state index in [-0.39, 0.29) is 44.6 Å². The number of hydrogen-bond donors (Lipinski definition) is 3. The van der Waals surface area contributed by atoms with Gasteiger partial charge in [-0.15, -0.1) is 0 Å². The number of fused-ring (bicyclic) bond motifs is 2. The Labute approximate surface area is 204 Å². The molecular weight excluding hydrogens is 449 g/mol. The van der Waals surface area contributed by atoms with Gasteiger partial charge in [-0.25, -0.2) is 4.39 Å². The number of benzene rings is 1. The Bertz CT molecular complexity index is 1190. The van der Waals surface area contributed by atoms with Crippen molar-refractivity contribution in [2.24, 2.45) is 5.10 Å². The zero-order valence-electron chi connectivity index (χ0n) is 19.8. The summed E-state index contributed by atoms with van der Waals surface area (Å²) in [6, 6.07) is 3.13. The van der Waals surface area contributed by atoms with Gasteiger partial charge < -0.3 is 20.0 Å². The van der Waals surface area contributed by atoms with Crippen molar-refractivity contribution in [2.45, 2.75) is 6.42 Å². The highest BCUT2D eigenvalue weighted by Crippen LogP contribution is 2.39. The molecule has 0 aromatic heterocycles. The molecule has 3 N–H and O–H groups in total. The van der Waals surface area contributed by atoms with Gasteiger partial charge in [0.25, 0.3) is 0 Å². The van der Waals surface area contributed by atoms with Crippen LogP contribution in [0.25, 0.3) is 11.6 Å². The molecule has 1 aromatic carbocycles. The zero-order valence-corrected chi connectivity index (χ0v) is 19.8. The predicted molar refractivity (Wildman–Crippen MR) is 133 cm³/mol. The van der Waals surface area contributed by atoms with Crippen LogP contribution in [0, 0.1) is 5.82 Å². The fraction of sp³-hybridized carbons (Fsp3) is 0.385. The van der Waals surface area contributed by atoms with E-state index in [1.54, 1.807) is 12.1 Å². The molecule has 0 saturated carbocycles. The minimum absolute atomic E-state index is 0.0983. The lowest BCUT2D eigenvalue weighted by Crippen LogP contribution is -2.44. The topological polar surface area (TPSA) is 91.6 Å². The van der Waals surface area contributed by atoms with Crippen LogP contribution >= 0.6 is 0 Å². The van der Waals surface area contributed by atoms with E-state index in [1.807, 2.05) is 25.4 Å². The van der Waals surface area contributed by atoms with Gasteiger partial charge in [0.2, 0.25) is 5.91 Å². The van der Waals surface area contributed by atoms with Crippen LogP contribution in [0.3, 0.4) is 0 Å². The number of hydrazone groups is 1. The summed E-state index contributed by atoms with van der Waals surface area (Å²) < 4.78 is 14.5. The van der Waals surface area contributed by atoms with E-state index in [0.717, 1.165) is 52.2 Å². The summed E-state index contributed by atoms with van der Waals surface area (Å²) in [5.74, 6) is -0.367. The van der Waals surface area contributed by atoms with Gasteiger partial charge in [0.1, 0.15) is 5.82 Å². The number of nitrogens with zero attached hydrogens (tertiary/aromatic N) is 4. The average molecular weight is 480 g/mol. The summed E-state index contributed by atoms with van der Waals surface area (Å²) in [4.78, 5) is 18.3. The van der Waals surface area contributed by atoms with Crippen molar-refractivity contribution in [1.29, 1.82) is 0 Å². The van der Waals surface area contributed by atoms with E-state index in [1.165, 1.54) is 10.5 Å². The number of allylic oxidation sites excluding steroid dienone is 2. The van der Waals surface area contributed by atoms with Crippen LogP contribution in [0.2, 0.25) is 0 Å². The molecule has 0 radical (unpaired) electrons. The van der Waals surface area contributed by atoms with Crippen molar-refractivity contribution in [1.82, 2.24) is 20.1 Å². The first-order chi connectivity index (χ1) is 17.0. The van der Waals surface area contributed by atoms with E-state index in [0.29, 0.717) is 13.1 Å². The molecule has 0 fully saturated rings. The second-order valence-corrected chi connectivity index (χ2v) is 9.21. The van der Waals surface area contributed by atoms with Crippen LogP contribution in [0.1, 0.15) is 23.1 Å². The number of rotatable bonds is 7. The normalized spacial score (nSPS) is 18.9. The highest BCUT2D eigenvalue weighted by atomic mass is 19.1. The lowest BCUT2D eigenvalue weighted by atomic mass is 9.88. The number of carbonyl (C=O) groups excluding carboxylic acids is 1. The first kappa shape index (κ1) is 23.5. The average Bonchev–Trinajstić information content (AvgIpc) is 3.17. The van der Waals surface area contributed by atoms with E-state index in [4.69, 9.17) is 0 Å². The monoisotopic (exact) mass is 479 g/mol. The number of aliphatic hydroxyl groups excluding tert-OH is 2. The summed E-state index contributed by atoms with van der Waals surface area (Å²) >= 11 is 0. The molecule has 184 valence electrons. The van der Waals surface area contributed by atoms with Crippen LogP contribution in [0.5, 0.6) is 0 Å². The summed E-state index contributed by atoms with van der Waals surface area (Å²) in [6.45, 7) is 2.48. The third-order valence-corrected chi connectivity index (χ3v) is 6.85. The van der Waals surface area contributed by atoms with Crippen molar-refractivity contribution >= 4 is 23.3 Å². The van der Waals surface area contributed by atoms with Crippen molar-refractivity contribution < 1.29 is 19.4 Å². The van der Waals surface area contributed by atoms with Crippen LogP contribution in [0.4, 0.5) is 4.39 Å². The summed E-state index contributed by atoms with van der Waals surface area (Å²) in [7, 11) is 2.01. The third-order valence-electron chi connectivity index (χ3n) is 6.85. The number of amides is 1. The van der Waals surface area contributed by atoms with Crippen LogP contribution in [-0.4, -0.2) is 96.1 Å². The molecule has 35 heavy (non-hydrogen) atoms. The first-order valence-corrected chi connectivity index (χ1v) is 11.9. The smallest absolute Gasteiger partial charge is 0.236 e. The molecule has 4 aliphatic rings. The third kappa shape index (κ3) is 4.54. The van der Waals surface area contributed by atoms with Crippen LogP contribution < -0.4 is 5.43 Å². The molecule has 0 saturated heterocycles. The van der Waals surface area contributed by atoms with Crippen LogP contribution in [0.15, 0.2) is 52.4 Å². The summed E-state index contributed by atoms with van der Waals surface area (Å²) in [5.41, 5.74) is 10.9. The Morgan fingerprint density at radius 1 is 1.23 bits per heavy atom. The van der Waals surface area contributed by atoms with Gasteiger partial charge in [0, 0.05) is 62.7 Å². The molecule has 3 heterocycles. The van der Waals surface area contributed by atoms with E-state index >= 15 is 0 Å². The van der Waals surface area contributed by atoms with E-state index in [9.17, 15) is 19.4 Å². The molecule has 9 heteroatoms. The maximum Gasteiger partial charge on any atom is 0.236 e. The molecular formula is C26H30FN5O3. The Balaban J connectivity index is 1.40.